The van der Waals surface area contributed by atoms with Crippen molar-refractivity contribution in [2.24, 2.45) is 0 Å². The monoisotopic (exact) mass is 495 g/mol. The molecule has 0 N–H and O–H groups in total. The molecule has 2 atom stereocenters. The Morgan fingerprint density at radius 2 is 1.71 bits per heavy atom. The number of amides is 2. The number of methoxy groups -OCH3 is 2. The molecule has 2 aromatic carbocycles. The normalized spacial score (nSPS) is 15.3. The Hall–Kier alpha value is -3.45. The van der Waals surface area contributed by atoms with E-state index in [9.17, 15) is 9.59 Å². The number of anilines is 1. The lowest BCUT2D eigenvalue weighted by Gasteiger charge is -2.40. The van der Waals surface area contributed by atoms with Crippen molar-refractivity contribution in [1.82, 2.24) is 9.47 Å². The predicted octanol–water partition coefficient (Wildman–Crippen LogP) is 4.79. The van der Waals surface area contributed by atoms with Crippen LogP contribution in [0.4, 0.5) is 5.69 Å². The van der Waals surface area contributed by atoms with Gasteiger partial charge in [0.25, 0.3) is 0 Å². The summed E-state index contributed by atoms with van der Waals surface area (Å²) in [6, 6.07) is 16.5. The van der Waals surface area contributed by atoms with Crippen LogP contribution in [0.25, 0.3) is 5.69 Å². The first-order chi connectivity index (χ1) is 16.8. The number of halogens is 1. The third-order valence-corrected chi connectivity index (χ3v) is 6.46. The average molecular weight is 496 g/mol. The molecule has 2 unspecified atom stereocenters. The van der Waals surface area contributed by atoms with Crippen molar-refractivity contribution >= 4 is 29.1 Å². The molecular formula is C27H30ClN3O4. The van der Waals surface area contributed by atoms with Crippen molar-refractivity contribution in [3.63, 3.8) is 0 Å². The van der Waals surface area contributed by atoms with Gasteiger partial charge in [-0.2, -0.15) is 0 Å². The smallest absolute Gasteiger partial charge is 0.247 e. The van der Waals surface area contributed by atoms with Gasteiger partial charge in [-0.05, 0) is 63.2 Å². The summed E-state index contributed by atoms with van der Waals surface area (Å²) < 4.78 is 13.3. The molecule has 0 radical (unpaired) electrons. The van der Waals surface area contributed by atoms with Gasteiger partial charge in [0, 0.05) is 17.8 Å². The van der Waals surface area contributed by atoms with Gasteiger partial charge in [0.05, 0.1) is 31.3 Å². The molecule has 0 aliphatic carbocycles. The molecular weight excluding hydrogens is 466 g/mol. The number of para-hydroxylation sites is 2. The molecule has 0 fully saturated rings. The maximum Gasteiger partial charge on any atom is 0.247 e. The summed E-state index contributed by atoms with van der Waals surface area (Å²) in [6.45, 7) is 5.27. The minimum Gasteiger partial charge on any atom is -0.497 e. The van der Waals surface area contributed by atoms with Gasteiger partial charge in [0.2, 0.25) is 11.8 Å². The largest absolute Gasteiger partial charge is 0.497 e. The molecule has 0 spiro atoms. The van der Waals surface area contributed by atoms with Crippen LogP contribution in [-0.4, -0.2) is 53.5 Å². The van der Waals surface area contributed by atoms with E-state index in [2.05, 4.69) is 4.57 Å². The topological polar surface area (TPSA) is 64.0 Å². The van der Waals surface area contributed by atoms with E-state index in [1.807, 2.05) is 74.6 Å². The van der Waals surface area contributed by atoms with Crippen molar-refractivity contribution in [3.8, 4) is 17.2 Å². The Balaban J connectivity index is 1.89. The van der Waals surface area contributed by atoms with Crippen molar-refractivity contribution in [2.75, 3.05) is 25.7 Å². The maximum atomic E-state index is 14.1. The fourth-order valence-corrected chi connectivity index (χ4v) is 4.70. The lowest BCUT2D eigenvalue weighted by molar-refractivity contribution is -0.136. The molecule has 0 saturated carbocycles. The van der Waals surface area contributed by atoms with Crippen LogP contribution in [0, 0.1) is 0 Å². The Kier molecular flexibility index (Phi) is 7.08. The van der Waals surface area contributed by atoms with Gasteiger partial charge in [-0.15, -0.1) is 11.6 Å². The zero-order valence-electron chi connectivity index (χ0n) is 20.6. The van der Waals surface area contributed by atoms with E-state index >= 15 is 0 Å². The number of aromatic nitrogens is 1. The number of hydrogen-bond donors (Lipinski definition) is 0. The average Bonchev–Trinajstić information content (AvgIpc) is 3.35. The minimum absolute atomic E-state index is 0.106. The highest BCUT2D eigenvalue weighted by atomic mass is 35.5. The summed E-state index contributed by atoms with van der Waals surface area (Å²) in [5.41, 5.74) is 3.30. The van der Waals surface area contributed by atoms with E-state index in [0.29, 0.717) is 11.5 Å². The van der Waals surface area contributed by atoms with Crippen molar-refractivity contribution < 1.29 is 19.1 Å². The third-order valence-electron chi connectivity index (χ3n) is 6.27. The number of rotatable bonds is 7. The van der Waals surface area contributed by atoms with Crippen LogP contribution < -0.4 is 14.4 Å². The number of fused-ring (bicyclic) bond motifs is 3. The lowest BCUT2D eigenvalue weighted by atomic mass is 9.96. The van der Waals surface area contributed by atoms with Gasteiger partial charge < -0.3 is 18.9 Å². The molecule has 8 heteroatoms. The highest BCUT2D eigenvalue weighted by Crippen LogP contribution is 2.45. The number of ether oxygens (including phenoxy) is 2. The highest BCUT2D eigenvalue weighted by molar-refractivity contribution is 6.30. The maximum absolute atomic E-state index is 14.1. The molecule has 35 heavy (non-hydrogen) atoms. The number of hydrogen-bond acceptors (Lipinski definition) is 4. The Morgan fingerprint density at radius 1 is 1.00 bits per heavy atom. The molecule has 2 amide bonds. The number of carbonyl (C=O) groups excluding carboxylic acids is 2. The van der Waals surface area contributed by atoms with Crippen molar-refractivity contribution in [2.45, 2.75) is 38.2 Å². The van der Waals surface area contributed by atoms with Gasteiger partial charge in [-0.3, -0.25) is 14.5 Å². The first-order valence-electron chi connectivity index (χ1n) is 11.5. The van der Waals surface area contributed by atoms with Crippen LogP contribution in [-0.2, 0) is 9.59 Å². The first kappa shape index (κ1) is 24.7. The molecule has 2 heterocycles. The lowest BCUT2D eigenvalue weighted by Crippen LogP contribution is -2.50. The summed E-state index contributed by atoms with van der Waals surface area (Å²) in [7, 11) is 3.21. The molecule has 0 bridgehead atoms. The van der Waals surface area contributed by atoms with Crippen molar-refractivity contribution in [3.05, 3.63) is 72.1 Å². The van der Waals surface area contributed by atoms with Crippen molar-refractivity contribution in [1.29, 1.82) is 0 Å². The van der Waals surface area contributed by atoms with E-state index in [1.54, 1.807) is 26.0 Å². The van der Waals surface area contributed by atoms with E-state index in [1.165, 1.54) is 4.90 Å². The first-order valence-corrected chi connectivity index (χ1v) is 12.0. The van der Waals surface area contributed by atoms with Crippen LogP contribution in [0.5, 0.6) is 11.5 Å². The van der Waals surface area contributed by atoms with Gasteiger partial charge in [-0.25, -0.2) is 0 Å². The number of nitrogens with zero attached hydrogens (tertiary/aromatic N) is 3. The second-order valence-corrected chi connectivity index (χ2v) is 9.40. The van der Waals surface area contributed by atoms with Crippen LogP contribution >= 0.6 is 11.6 Å². The minimum atomic E-state index is -0.731. The van der Waals surface area contributed by atoms with Gasteiger partial charge >= 0.3 is 0 Å². The Morgan fingerprint density at radius 3 is 2.34 bits per heavy atom. The zero-order chi connectivity index (χ0) is 25.3. The van der Waals surface area contributed by atoms with E-state index < -0.39 is 11.4 Å². The number of alkyl halides is 1. The molecule has 184 valence electrons. The zero-order valence-corrected chi connectivity index (χ0v) is 21.3. The predicted molar refractivity (Wildman–Crippen MR) is 137 cm³/mol. The summed E-state index contributed by atoms with van der Waals surface area (Å²) in [4.78, 5) is 30.2. The quantitative estimate of drug-likeness (QED) is 0.442. The molecule has 7 nitrogen and oxygen atoms in total. The Bertz CT molecular complexity index is 1240. The summed E-state index contributed by atoms with van der Waals surface area (Å²) in [6.07, 6.45) is 1.98. The second-order valence-electron chi connectivity index (χ2n) is 8.74. The van der Waals surface area contributed by atoms with Crippen LogP contribution in [0.3, 0.4) is 0 Å². The molecule has 1 aromatic heterocycles. The van der Waals surface area contributed by atoms with Gasteiger partial charge in [0.1, 0.15) is 29.5 Å². The van der Waals surface area contributed by atoms with Crippen LogP contribution in [0.1, 0.15) is 38.1 Å². The number of benzene rings is 2. The second kappa shape index (κ2) is 10.0. The fraction of sp³-hybridized carbons (Fsp3) is 0.333. The highest BCUT2D eigenvalue weighted by Gasteiger charge is 2.39. The standard InChI is InChI=1S/C27H30ClN3O4/c1-17(2)30(27(33)18(3)28)16-25(32)31-22-10-7-6-9-21(22)29-14-8-11-23(29)26(31)20-15-19(34-4)12-13-24(20)35-5/h6-15,17-18,26H,16H2,1-5H3. The van der Waals surface area contributed by atoms with Gasteiger partial charge in [0.15, 0.2) is 0 Å². The van der Waals surface area contributed by atoms with Crippen LogP contribution in [0.15, 0.2) is 60.8 Å². The SMILES string of the molecule is COc1ccc(OC)c(C2c3cccn3-c3ccccc3N2C(=O)CN(C(=O)C(C)Cl)C(C)C)c1. The fourth-order valence-electron chi connectivity index (χ4n) is 4.57. The van der Waals surface area contributed by atoms with Gasteiger partial charge in [-0.1, -0.05) is 12.1 Å². The van der Waals surface area contributed by atoms with E-state index in [4.69, 9.17) is 21.1 Å². The summed E-state index contributed by atoms with van der Waals surface area (Å²) >= 11 is 6.12. The summed E-state index contributed by atoms with van der Waals surface area (Å²) in [5.74, 6) is 0.783. The van der Waals surface area contributed by atoms with E-state index in [0.717, 1.165) is 22.6 Å². The third kappa shape index (κ3) is 4.48. The van der Waals surface area contributed by atoms with E-state index in [-0.39, 0.29) is 24.4 Å². The Labute approximate surface area is 210 Å². The molecule has 0 saturated heterocycles. The molecule has 3 aromatic rings. The molecule has 1 aliphatic heterocycles. The summed E-state index contributed by atoms with van der Waals surface area (Å²) in [5, 5.41) is -0.731. The number of carbonyl (C=O) groups is 2. The molecule has 1 aliphatic rings. The van der Waals surface area contributed by atoms with Crippen LogP contribution in [0.2, 0.25) is 0 Å². The molecule has 4 rings (SSSR count).